The zero-order valence-electron chi connectivity index (χ0n) is 8.03. The number of halogens is 4. The van der Waals surface area contributed by atoms with Crippen molar-refractivity contribution in [2.24, 2.45) is 0 Å². The molecular formula is C9H6Cl2F2O4. The van der Waals surface area contributed by atoms with Gasteiger partial charge >= 0.3 is 12.6 Å². The number of aliphatic hydroxyl groups is 1. The average molecular weight is 287 g/mol. The molecule has 0 heterocycles. The van der Waals surface area contributed by atoms with Crippen LogP contribution in [0.15, 0.2) is 12.1 Å². The standard InChI is InChI=1S/C9H6Cl2F2O4/c10-4-2-1-3(6(14)8(15)16)7(5(4)11)17-9(12)13/h1-2,6,9,14H,(H,15,16)/t6-/m1/s1. The van der Waals surface area contributed by atoms with Gasteiger partial charge in [-0.15, -0.1) is 0 Å². The third-order valence-electron chi connectivity index (χ3n) is 1.82. The lowest BCUT2D eigenvalue weighted by Crippen LogP contribution is -2.14. The molecule has 17 heavy (non-hydrogen) atoms. The van der Waals surface area contributed by atoms with Crippen molar-refractivity contribution in [3.63, 3.8) is 0 Å². The Balaban J connectivity index is 3.29. The number of hydrogen-bond donors (Lipinski definition) is 2. The number of aliphatic carboxylic acids is 1. The molecule has 0 aromatic heterocycles. The Morgan fingerprint density at radius 2 is 1.94 bits per heavy atom. The van der Waals surface area contributed by atoms with E-state index in [4.69, 9.17) is 28.3 Å². The number of rotatable bonds is 4. The van der Waals surface area contributed by atoms with Crippen molar-refractivity contribution in [3.05, 3.63) is 27.7 Å². The summed E-state index contributed by atoms with van der Waals surface area (Å²) in [5.41, 5.74) is -0.396. The fourth-order valence-electron chi connectivity index (χ4n) is 1.10. The van der Waals surface area contributed by atoms with E-state index in [-0.39, 0.29) is 10.0 Å². The highest BCUT2D eigenvalue weighted by Crippen LogP contribution is 2.38. The zero-order chi connectivity index (χ0) is 13.2. The molecule has 1 rings (SSSR count). The molecule has 0 unspecified atom stereocenters. The van der Waals surface area contributed by atoms with Gasteiger partial charge in [0, 0.05) is 5.56 Å². The minimum Gasteiger partial charge on any atom is -0.479 e. The maximum atomic E-state index is 12.1. The second-order valence-electron chi connectivity index (χ2n) is 2.90. The minimum absolute atomic E-state index is 0.0938. The Hall–Kier alpha value is -1.11. The normalized spacial score (nSPS) is 12.6. The highest BCUT2D eigenvalue weighted by Gasteiger charge is 2.25. The summed E-state index contributed by atoms with van der Waals surface area (Å²) in [6.07, 6.45) is -2.03. The van der Waals surface area contributed by atoms with E-state index in [0.717, 1.165) is 6.07 Å². The summed E-state index contributed by atoms with van der Waals surface area (Å²) in [7, 11) is 0. The molecule has 0 radical (unpaired) electrons. The van der Waals surface area contributed by atoms with Gasteiger partial charge in [0.15, 0.2) is 11.9 Å². The van der Waals surface area contributed by atoms with Crippen molar-refractivity contribution in [3.8, 4) is 5.75 Å². The second-order valence-corrected chi connectivity index (χ2v) is 3.68. The van der Waals surface area contributed by atoms with Crippen LogP contribution in [0.1, 0.15) is 11.7 Å². The van der Waals surface area contributed by atoms with Gasteiger partial charge in [0.05, 0.1) is 5.02 Å². The minimum atomic E-state index is -3.22. The third kappa shape index (κ3) is 3.18. The Morgan fingerprint density at radius 3 is 2.41 bits per heavy atom. The summed E-state index contributed by atoms with van der Waals surface area (Å²) in [6, 6.07) is 2.22. The fraction of sp³-hybridized carbons (Fsp3) is 0.222. The molecule has 8 heteroatoms. The Morgan fingerprint density at radius 1 is 1.35 bits per heavy atom. The summed E-state index contributed by atoms with van der Waals surface area (Å²) >= 11 is 11.2. The first-order chi connectivity index (χ1) is 7.84. The van der Waals surface area contributed by atoms with Gasteiger partial charge in [-0.2, -0.15) is 8.78 Å². The molecule has 0 amide bonds. The first-order valence-corrected chi connectivity index (χ1v) is 4.93. The molecule has 0 saturated heterocycles. The number of alkyl halides is 2. The second kappa shape index (κ2) is 5.48. The van der Waals surface area contributed by atoms with Crippen LogP contribution in [0.5, 0.6) is 5.75 Å². The molecule has 0 bridgehead atoms. The van der Waals surface area contributed by atoms with Gasteiger partial charge in [0.1, 0.15) is 5.02 Å². The van der Waals surface area contributed by atoms with Crippen molar-refractivity contribution >= 4 is 29.2 Å². The van der Waals surface area contributed by atoms with Crippen LogP contribution in [0.4, 0.5) is 8.78 Å². The van der Waals surface area contributed by atoms with Gasteiger partial charge in [-0.1, -0.05) is 29.3 Å². The van der Waals surface area contributed by atoms with E-state index in [9.17, 15) is 18.7 Å². The van der Waals surface area contributed by atoms with Crippen molar-refractivity contribution in [2.45, 2.75) is 12.7 Å². The van der Waals surface area contributed by atoms with Crippen LogP contribution >= 0.6 is 23.2 Å². The highest BCUT2D eigenvalue weighted by atomic mass is 35.5. The monoisotopic (exact) mass is 286 g/mol. The smallest absolute Gasteiger partial charge is 0.387 e. The van der Waals surface area contributed by atoms with Gasteiger partial charge in [-0.3, -0.25) is 0 Å². The third-order valence-corrected chi connectivity index (χ3v) is 2.60. The molecule has 0 aliphatic rings. The molecule has 0 aliphatic heterocycles. The highest BCUT2D eigenvalue weighted by molar-refractivity contribution is 6.43. The largest absolute Gasteiger partial charge is 0.479 e. The van der Waals surface area contributed by atoms with Crippen LogP contribution in [-0.2, 0) is 4.79 Å². The molecule has 0 aliphatic carbocycles. The quantitative estimate of drug-likeness (QED) is 0.893. The van der Waals surface area contributed by atoms with Gasteiger partial charge in [-0.05, 0) is 6.07 Å². The number of hydrogen-bond acceptors (Lipinski definition) is 3. The van der Waals surface area contributed by atoms with Crippen molar-refractivity contribution in [1.29, 1.82) is 0 Å². The van der Waals surface area contributed by atoms with Crippen LogP contribution in [0, 0.1) is 0 Å². The topological polar surface area (TPSA) is 66.8 Å². The van der Waals surface area contributed by atoms with Crippen molar-refractivity contribution in [2.75, 3.05) is 0 Å². The van der Waals surface area contributed by atoms with E-state index in [0.29, 0.717) is 0 Å². The SMILES string of the molecule is O=C(O)[C@H](O)c1ccc(Cl)c(Cl)c1OC(F)F. The molecule has 2 N–H and O–H groups in total. The maximum Gasteiger partial charge on any atom is 0.387 e. The van der Waals surface area contributed by atoms with E-state index in [1.54, 1.807) is 0 Å². The van der Waals surface area contributed by atoms with Gasteiger partial charge < -0.3 is 14.9 Å². The number of carboxylic acids is 1. The van der Waals surface area contributed by atoms with Gasteiger partial charge in [-0.25, -0.2) is 4.79 Å². The summed E-state index contributed by atoms with van der Waals surface area (Å²) < 4.78 is 28.3. The van der Waals surface area contributed by atoms with Crippen molar-refractivity contribution in [1.82, 2.24) is 0 Å². The molecule has 1 aromatic rings. The Bertz CT molecular complexity index is 439. The van der Waals surface area contributed by atoms with Crippen LogP contribution in [0.25, 0.3) is 0 Å². The van der Waals surface area contributed by atoms with Crippen LogP contribution < -0.4 is 4.74 Å². The number of carbonyl (C=O) groups is 1. The summed E-state index contributed by atoms with van der Waals surface area (Å²) in [5, 5.41) is 17.4. The Labute approximate surface area is 104 Å². The van der Waals surface area contributed by atoms with Gasteiger partial charge in [0.25, 0.3) is 0 Å². The van der Waals surface area contributed by atoms with E-state index >= 15 is 0 Å². The molecule has 0 spiro atoms. The number of aliphatic hydroxyl groups excluding tert-OH is 1. The number of carboxylic acid groups (broad SMARTS) is 1. The first kappa shape index (κ1) is 14.0. The maximum absolute atomic E-state index is 12.1. The predicted octanol–water partition coefficient (Wildman–Crippen LogP) is 2.71. The van der Waals surface area contributed by atoms with E-state index in [2.05, 4.69) is 4.74 Å². The number of ether oxygens (including phenoxy) is 1. The molecular weight excluding hydrogens is 281 g/mol. The lowest BCUT2D eigenvalue weighted by molar-refractivity contribution is -0.147. The predicted molar refractivity (Wildman–Crippen MR) is 55.7 cm³/mol. The van der Waals surface area contributed by atoms with Crippen LogP contribution in [0.2, 0.25) is 10.0 Å². The lowest BCUT2D eigenvalue weighted by atomic mass is 10.1. The average Bonchev–Trinajstić information content (AvgIpc) is 2.23. The molecule has 94 valence electrons. The Kier molecular flexibility index (Phi) is 4.50. The molecule has 1 aromatic carbocycles. The molecule has 0 fully saturated rings. The van der Waals surface area contributed by atoms with Crippen LogP contribution in [-0.4, -0.2) is 22.8 Å². The molecule has 1 atom stereocenters. The number of benzene rings is 1. The summed E-state index contributed by atoms with van der Waals surface area (Å²) in [5.74, 6) is -2.27. The lowest BCUT2D eigenvalue weighted by Gasteiger charge is -2.15. The van der Waals surface area contributed by atoms with E-state index in [1.807, 2.05) is 0 Å². The molecule has 4 nitrogen and oxygen atoms in total. The first-order valence-electron chi connectivity index (χ1n) is 4.18. The van der Waals surface area contributed by atoms with Gasteiger partial charge in [0.2, 0.25) is 0 Å². The van der Waals surface area contributed by atoms with Crippen molar-refractivity contribution < 1.29 is 28.5 Å². The summed E-state index contributed by atoms with van der Waals surface area (Å²) in [4.78, 5) is 10.6. The van der Waals surface area contributed by atoms with Crippen LogP contribution in [0.3, 0.4) is 0 Å². The fourth-order valence-corrected chi connectivity index (χ4v) is 1.47. The van der Waals surface area contributed by atoms with E-state index in [1.165, 1.54) is 6.07 Å². The summed E-state index contributed by atoms with van der Waals surface area (Å²) in [6.45, 7) is -3.22. The molecule has 0 saturated carbocycles. The zero-order valence-corrected chi connectivity index (χ0v) is 9.54. The van der Waals surface area contributed by atoms with E-state index < -0.39 is 30.0 Å².